The van der Waals surface area contributed by atoms with E-state index in [-0.39, 0.29) is 0 Å². The van der Waals surface area contributed by atoms with Crippen LogP contribution in [-0.2, 0) is 9.47 Å². The second kappa shape index (κ2) is 6.46. The molecule has 0 aromatic carbocycles. The topological polar surface area (TPSA) is 201 Å². The Morgan fingerprint density at radius 1 is 0.870 bits per heavy atom. The molecule has 2 heterocycles. The first-order valence-electron chi connectivity index (χ1n) is 7.00. The SMILES string of the molecule is OC[C@H]1O[C@@](O)([C@]2(CO)OC[C@@H](O)[C@@H](O)[C@@H]2O)[C@H](O)[C@@H](O)[C@@H]1O. The highest BCUT2D eigenvalue weighted by Crippen LogP contribution is 2.43. The van der Waals surface area contributed by atoms with Crippen LogP contribution in [0.1, 0.15) is 0 Å². The fourth-order valence-electron chi connectivity index (χ4n) is 2.98. The Morgan fingerprint density at radius 2 is 1.48 bits per heavy atom. The number of aliphatic hydroxyl groups is 9. The van der Waals surface area contributed by atoms with Crippen LogP contribution >= 0.6 is 0 Å². The average molecular weight is 342 g/mol. The number of ether oxygens (including phenoxy) is 2. The third-order valence-electron chi connectivity index (χ3n) is 4.51. The zero-order valence-corrected chi connectivity index (χ0v) is 12.0. The summed E-state index contributed by atoms with van der Waals surface area (Å²) < 4.78 is 10.1. The molecule has 2 aliphatic rings. The van der Waals surface area contributed by atoms with Crippen molar-refractivity contribution in [3.63, 3.8) is 0 Å². The Kier molecular flexibility index (Phi) is 5.31. The molecular weight excluding hydrogens is 320 g/mol. The minimum atomic E-state index is -2.99. The Labute approximate surface area is 130 Å². The molecule has 0 amide bonds. The Hall–Kier alpha value is -0.440. The van der Waals surface area contributed by atoms with Gasteiger partial charge in [-0.2, -0.15) is 0 Å². The summed E-state index contributed by atoms with van der Waals surface area (Å²) in [4.78, 5) is 0. The Balaban J connectivity index is 2.45. The van der Waals surface area contributed by atoms with Crippen molar-refractivity contribution in [3.05, 3.63) is 0 Å². The van der Waals surface area contributed by atoms with E-state index in [0.29, 0.717) is 0 Å². The largest absolute Gasteiger partial charge is 0.394 e. The molecule has 2 aliphatic heterocycles. The van der Waals surface area contributed by atoms with Crippen molar-refractivity contribution in [2.45, 2.75) is 54.1 Å². The van der Waals surface area contributed by atoms with Crippen LogP contribution in [0, 0.1) is 0 Å². The molecule has 2 fully saturated rings. The van der Waals surface area contributed by atoms with Gasteiger partial charge in [0.2, 0.25) is 5.79 Å². The van der Waals surface area contributed by atoms with Gasteiger partial charge in [-0.15, -0.1) is 0 Å². The predicted molar refractivity (Wildman–Crippen MR) is 68.7 cm³/mol. The second-order valence-corrected chi connectivity index (χ2v) is 5.82. The Morgan fingerprint density at radius 3 is 2.00 bits per heavy atom. The summed E-state index contributed by atoms with van der Waals surface area (Å²) in [6, 6.07) is 0. The minimum absolute atomic E-state index is 0.625. The normalized spacial score (nSPS) is 54.9. The molecule has 136 valence electrons. The zero-order chi connectivity index (χ0) is 17.6. The maximum atomic E-state index is 10.7. The second-order valence-electron chi connectivity index (χ2n) is 5.82. The van der Waals surface area contributed by atoms with Crippen LogP contribution in [-0.4, -0.2) is 120 Å². The van der Waals surface area contributed by atoms with Crippen LogP contribution < -0.4 is 0 Å². The van der Waals surface area contributed by atoms with E-state index in [0.717, 1.165) is 0 Å². The van der Waals surface area contributed by atoms with Gasteiger partial charge in [-0.25, -0.2) is 0 Å². The van der Waals surface area contributed by atoms with Gasteiger partial charge in [0, 0.05) is 0 Å². The van der Waals surface area contributed by atoms with Gasteiger partial charge in [0.1, 0.15) is 42.7 Å². The summed E-state index contributed by atoms with van der Waals surface area (Å²) in [5.74, 6) is -2.99. The van der Waals surface area contributed by atoms with E-state index >= 15 is 0 Å². The lowest BCUT2D eigenvalue weighted by molar-refractivity contribution is -0.435. The highest BCUT2D eigenvalue weighted by Gasteiger charge is 2.69. The van der Waals surface area contributed by atoms with Gasteiger partial charge in [0.15, 0.2) is 5.60 Å². The highest BCUT2D eigenvalue weighted by molar-refractivity contribution is 5.13. The van der Waals surface area contributed by atoms with Crippen molar-refractivity contribution in [3.8, 4) is 0 Å². The Bertz CT molecular complexity index is 420. The van der Waals surface area contributed by atoms with Crippen LogP contribution in [0.2, 0.25) is 0 Å². The molecule has 2 saturated heterocycles. The summed E-state index contributed by atoms with van der Waals surface area (Å²) in [5, 5.41) is 88.5. The monoisotopic (exact) mass is 342 g/mol. The summed E-state index contributed by atoms with van der Waals surface area (Å²) >= 11 is 0. The summed E-state index contributed by atoms with van der Waals surface area (Å²) in [6.45, 7) is -2.66. The van der Waals surface area contributed by atoms with Crippen molar-refractivity contribution in [1.29, 1.82) is 0 Å². The molecule has 11 heteroatoms. The fourth-order valence-corrected chi connectivity index (χ4v) is 2.98. The van der Waals surface area contributed by atoms with Crippen LogP contribution in [0.4, 0.5) is 0 Å². The maximum Gasteiger partial charge on any atom is 0.230 e. The van der Waals surface area contributed by atoms with Crippen LogP contribution in [0.3, 0.4) is 0 Å². The predicted octanol–water partition coefficient (Wildman–Crippen LogP) is -6.01. The van der Waals surface area contributed by atoms with Gasteiger partial charge in [0.25, 0.3) is 0 Å². The van der Waals surface area contributed by atoms with Crippen molar-refractivity contribution in [2.24, 2.45) is 0 Å². The van der Waals surface area contributed by atoms with Gasteiger partial charge in [0.05, 0.1) is 19.8 Å². The first-order valence-corrected chi connectivity index (χ1v) is 7.00. The van der Waals surface area contributed by atoms with Crippen molar-refractivity contribution >= 4 is 0 Å². The van der Waals surface area contributed by atoms with Crippen molar-refractivity contribution in [2.75, 3.05) is 19.8 Å². The quantitative estimate of drug-likeness (QED) is 0.236. The maximum absolute atomic E-state index is 10.7. The number of aliphatic hydroxyl groups excluding tert-OH is 8. The number of hydrogen-bond donors (Lipinski definition) is 9. The van der Waals surface area contributed by atoms with Crippen molar-refractivity contribution < 1.29 is 55.4 Å². The molecule has 9 atom stereocenters. The van der Waals surface area contributed by atoms with Gasteiger partial charge < -0.3 is 55.4 Å². The van der Waals surface area contributed by atoms with Crippen LogP contribution in [0.25, 0.3) is 0 Å². The lowest BCUT2D eigenvalue weighted by Crippen LogP contribution is -2.81. The van der Waals surface area contributed by atoms with Crippen LogP contribution in [0.15, 0.2) is 0 Å². The molecule has 23 heavy (non-hydrogen) atoms. The van der Waals surface area contributed by atoms with Gasteiger partial charge in [-0.3, -0.25) is 0 Å². The number of rotatable bonds is 3. The third-order valence-corrected chi connectivity index (χ3v) is 4.51. The van der Waals surface area contributed by atoms with E-state index in [2.05, 4.69) is 0 Å². The van der Waals surface area contributed by atoms with Gasteiger partial charge in [-0.1, -0.05) is 0 Å². The molecule has 11 nitrogen and oxygen atoms in total. The molecule has 9 N–H and O–H groups in total. The van der Waals surface area contributed by atoms with E-state index in [9.17, 15) is 40.9 Å². The summed E-state index contributed by atoms with van der Waals surface area (Å²) in [5.41, 5.74) is -2.54. The molecule has 2 rings (SSSR count). The zero-order valence-electron chi connectivity index (χ0n) is 12.0. The van der Waals surface area contributed by atoms with E-state index in [1.807, 2.05) is 0 Å². The van der Waals surface area contributed by atoms with Crippen molar-refractivity contribution in [1.82, 2.24) is 0 Å². The molecule has 0 saturated carbocycles. The van der Waals surface area contributed by atoms with Crippen LogP contribution in [0.5, 0.6) is 0 Å². The standard InChI is InChI=1S/C12H22O11/c13-1-5-7(17)8(18)10(20)12(21,23-5)11(3-14)9(19)6(16)4(15)2-22-11/h4-10,13-21H,1-3H2/t4-,5-,6-,7-,8+,9+,10-,11-,12-/m1/s1. The summed E-state index contributed by atoms with van der Waals surface area (Å²) in [6.07, 6.45) is -13.1. The average Bonchev–Trinajstić information content (AvgIpc) is 2.54. The first kappa shape index (κ1) is 18.9. The number of hydrogen-bond acceptors (Lipinski definition) is 11. The molecule has 0 radical (unpaired) electrons. The molecule has 0 aromatic heterocycles. The molecule has 0 aromatic rings. The third kappa shape index (κ3) is 2.58. The van der Waals surface area contributed by atoms with E-state index < -0.39 is 73.9 Å². The van der Waals surface area contributed by atoms with Gasteiger partial charge in [-0.05, 0) is 0 Å². The molecular formula is C12H22O11. The lowest BCUT2D eigenvalue weighted by atomic mass is 9.75. The minimum Gasteiger partial charge on any atom is -0.394 e. The smallest absolute Gasteiger partial charge is 0.230 e. The first-order chi connectivity index (χ1) is 10.7. The van der Waals surface area contributed by atoms with E-state index in [4.69, 9.17) is 14.6 Å². The fraction of sp³-hybridized carbons (Fsp3) is 1.00. The molecule has 0 bridgehead atoms. The summed E-state index contributed by atoms with van der Waals surface area (Å²) in [7, 11) is 0. The lowest BCUT2D eigenvalue weighted by Gasteiger charge is -2.57. The van der Waals surface area contributed by atoms with E-state index in [1.165, 1.54) is 0 Å². The molecule has 0 unspecified atom stereocenters. The van der Waals surface area contributed by atoms with Gasteiger partial charge >= 0.3 is 0 Å². The molecule has 0 spiro atoms. The molecule has 0 aliphatic carbocycles. The highest BCUT2D eigenvalue weighted by atomic mass is 16.7. The van der Waals surface area contributed by atoms with E-state index in [1.54, 1.807) is 0 Å².